The Labute approximate surface area is 107 Å². The van der Waals surface area contributed by atoms with E-state index in [1.54, 1.807) is 0 Å². The first kappa shape index (κ1) is 13.6. The van der Waals surface area contributed by atoms with E-state index in [4.69, 9.17) is 27.9 Å². The lowest BCUT2D eigenvalue weighted by atomic mass is 10.3. The first-order chi connectivity index (χ1) is 7.75. The van der Waals surface area contributed by atoms with Crippen LogP contribution in [0.2, 0.25) is 10.0 Å². The lowest BCUT2D eigenvalue weighted by molar-refractivity contribution is 0.141. The van der Waals surface area contributed by atoms with Crippen molar-refractivity contribution in [3.63, 3.8) is 0 Å². The molecule has 0 fully saturated rings. The summed E-state index contributed by atoms with van der Waals surface area (Å²) in [6.07, 6.45) is 2.26. The molecule has 0 radical (unpaired) electrons. The fourth-order valence-corrected chi connectivity index (χ4v) is 1.79. The Morgan fingerprint density at radius 2 is 1.88 bits per heavy atom. The van der Waals surface area contributed by atoms with Crippen molar-refractivity contribution >= 4 is 28.9 Å². The van der Waals surface area contributed by atoms with Crippen molar-refractivity contribution in [2.45, 2.75) is 19.8 Å². The molecule has 0 saturated heterocycles. The summed E-state index contributed by atoms with van der Waals surface area (Å²) >= 11 is 12.0. The standard InChI is InChI=1S/C12H17Cl2NO/c1-2-3-8-16-9-7-15-12-10(13)5-4-6-11(12)14/h4-6,15H,2-3,7-9H2,1H3. The highest BCUT2D eigenvalue weighted by Gasteiger charge is 2.03. The van der Waals surface area contributed by atoms with E-state index >= 15 is 0 Å². The van der Waals surface area contributed by atoms with Crippen LogP contribution in [0.4, 0.5) is 5.69 Å². The Hall–Kier alpha value is -0.440. The fourth-order valence-electron chi connectivity index (χ4n) is 1.26. The molecule has 0 aliphatic heterocycles. The van der Waals surface area contributed by atoms with Crippen LogP contribution < -0.4 is 5.32 Å². The van der Waals surface area contributed by atoms with Crippen LogP contribution in [0, 0.1) is 0 Å². The van der Waals surface area contributed by atoms with E-state index in [-0.39, 0.29) is 0 Å². The number of hydrogen-bond acceptors (Lipinski definition) is 2. The topological polar surface area (TPSA) is 21.3 Å². The third-order valence-corrected chi connectivity index (χ3v) is 2.78. The van der Waals surface area contributed by atoms with Gasteiger partial charge >= 0.3 is 0 Å². The van der Waals surface area contributed by atoms with Gasteiger partial charge in [0.15, 0.2) is 0 Å². The summed E-state index contributed by atoms with van der Waals surface area (Å²) in [6, 6.07) is 5.45. The first-order valence-corrected chi connectivity index (χ1v) is 6.27. The summed E-state index contributed by atoms with van der Waals surface area (Å²) in [4.78, 5) is 0. The largest absolute Gasteiger partial charge is 0.380 e. The second kappa shape index (κ2) is 7.77. The molecular weight excluding hydrogens is 245 g/mol. The van der Waals surface area contributed by atoms with Gasteiger partial charge in [0.05, 0.1) is 22.3 Å². The highest BCUT2D eigenvalue weighted by atomic mass is 35.5. The van der Waals surface area contributed by atoms with E-state index in [1.165, 1.54) is 0 Å². The van der Waals surface area contributed by atoms with Crippen LogP contribution in [0.15, 0.2) is 18.2 Å². The van der Waals surface area contributed by atoms with Gasteiger partial charge in [-0.25, -0.2) is 0 Å². The van der Waals surface area contributed by atoms with Gasteiger partial charge in [-0.15, -0.1) is 0 Å². The van der Waals surface area contributed by atoms with E-state index in [1.807, 2.05) is 18.2 Å². The molecule has 1 aromatic carbocycles. The lowest BCUT2D eigenvalue weighted by Crippen LogP contribution is -2.10. The third-order valence-electron chi connectivity index (χ3n) is 2.15. The fraction of sp³-hybridized carbons (Fsp3) is 0.500. The molecule has 0 amide bonds. The summed E-state index contributed by atoms with van der Waals surface area (Å²) in [6.45, 7) is 4.34. The molecule has 0 atom stereocenters. The molecule has 0 saturated carbocycles. The molecule has 0 spiro atoms. The van der Waals surface area contributed by atoms with Gasteiger partial charge in [0.1, 0.15) is 0 Å². The Bertz CT molecular complexity index is 298. The Kier molecular flexibility index (Phi) is 6.62. The van der Waals surface area contributed by atoms with Gasteiger partial charge in [-0.1, -0.05) is 42.6 Å². The average Bonchev–Trinajstić information content (AvgIpc) is 2.26. The van der Waals surface area contributed by atoms with E-state index in [2.05, 4.69) is 12.2 Å². The Morgan fingerprint density at radius 3 is 2.50 bits per heavy atom. The van der Waals surface area contributed by atoms with Gasteiger partial charge in [0.2, 0.25) is 0 Å². The van der Waals surface area contributed by atoms with Gasteiger partial charge in [-0.3, -0.25) is 0 Å². The van der Waals surface area contributed by atoms with E-state index in [0.717, 1.165) is 25.1 Å². The number of hydrogen-bond donors (Lipinski definition) is 1. The SMILES string of the molecule is CCCCOCCNc1c(Cl)cccc1Cl. The number of para-hydroxylation sites is 1. The normalized spacial score (nSPS) is 10.4. The zero-order chi connectivity index (χ0) is 11.8. The van der Waals surface area contributed by atoms with Crippen molar-refractivity contribution in [3.05, 3.63) is 28.2 Å². The molecule has 0 bridgehead atoms. The summed E-state index contributed by atoms with van der Waals surface area (Å²) < 4.78 is 5.43. The minimum absolute atomic E-state index is 0.640. The molecular formula is C12H17Cl2NO. The summed E-state index contributed by atoms with van der Waals surface area (Å²) in [5.41, 5.74) is 0.782. The van der Waals surface area contributed by atoms with E-state index in [0.29, 0.717) is 23.2 Å². The summed E-state index contributed by atoms with van der Waals surface area (Å²) in [5, 5.41) is 4.45. The lowest BCUT2D eigenvalue weighted by Gasteiger charge is -2.10. The van der Waals surface area contributed by atoms with Crippen LogP contribution in [-0.4, -0.2) is 19.8 Å². The second-order valence-electron chi connectivity index (χ2n) is 3.49. The van der Waals surface area contributed by atoms with Crippen molar-refractivity contribution in [1.82, 2.24) is 0 Å². The Morgan fingerprint density at radius 1 is 1.19 bits per heavy atom. The summed E-state index contributed by atoms with van der Waals surface area (Å²) in [7, 11) is 0. The smallest absolute Gasteiger partial charge is 0.0719 e. The predicted octanol–water partition coefficient (Wildman–Crippen LogP) is 4.22. The second-order valence-corrected chi connectivity index (χ2v) is 4.30. The van der Waals surface area contributed by atoms with Crippen LogP contribution in [0.3, 0.4) is 0 Å². The van der Waals surface area contributed by atoms with Crippen LogP contribution in [-0.2, 0) is 4.74 Å². The van der Waals surface area contributed by atoms with Gasteiger partial charge in [0.25, 0.3) is 0 Å². The van der Waals surface area contributed by atoms with Crippen molar-refractivity contribution in [1.29, 1.82) is 0 Å². The van der Waals surface area contributed by atoms with Gasteiger partial charge < -0.3 is 10.1 Å². The number of rotatable bonds is 7. The van der Waals surface area contributed by atoms with Crippen molar-refractivity contribution in [3.8, 4) is 0 Å². The molecule has 4 heteroatoms. The molecule has 0 aromatic heterocycles. The predicted molar refractivity (Wildman–Crippen MR) is 70.7 cm³/mol. The number of ether oxygens (including phenoxy) is 1. The van der Waals surface area contributed by atoms with Crippen LogP contribution >= 0.6 is 23.2 Å². The van der Waals surface area contributed by atoms with Crippen LogP contribution in [0.1, 0.15) is 19.8 Å². The molecule has 0 aliphatic rings. The van der Waals surface area contributed by atoms with Crippen molar-refractivity contribution in [2.24, 2.45) is 0 Å². The van der Waals surface area contributed by atoms with Crippen molar-refractivity contribution in [2.75, 3.05) is 25.1 Å². The minimum Gasteiger partial charge on any atom is -0.380 e. The number of nitrogens with one attached hydrogen (secondary N) is 1. The first-order valence-electron chi connectivity index (χ1n) is 5.51. The van der Waals surface area contributed by atoms with Gasteiger partial charge in [0, 0.05) is 13.2 Å². The Balaban J connectivity index is 2.26. The minimum atomic E-state index is 0.640. The molecule has 0 unspecified atom stereocenters. The van der Waals surface area contributed by atoms with E-state index < -0.39 is 0 Å². The van der Waals surface area contributed by atoms with Gasteiger partial charge in [-0.2, -0.15) is 0 Å². The number of halogens is 2. The molecule has 2 nitrogen and oxygen atoms in total. The monoisotopic (exact) mass is 261 g/mol. The molecule has 16 heavy (non-hydrogen) atoms. The molecule has 90 valence electrons. The summed E-state index contributed by atoms with van der Waals surface area (Å²) in [5.74, 6) is 0. The zero-order valence-corrected chi connectivity index (χ0v) is 10.9. The molecule has 0 heterocycles. The molecule has 1 N–H and O–H groups in total. The maximum Gasteiger partial charge on any atom is 0.0719 e. The average molecular weight is 262 g/mol. The number of unbranched alkanes of at least 4 members (excludes halogenated alkanes) is 1. The zero-order valence-electron chi connectivity index (χ0n) is 9.43. The third kappa shape index (κ3) is 4.60. The molecule has 1 aromatic rings. The number of benzene rings is 1. The highest BCUT2D eigenvalue weighted by Crippen LogP contribution is 2.29. The van der Waals surface area contributed by atoms with Crippen molar-refractivity contribution < 1.29 is 4.74 Å². The van der Waals surface area contributed by atoms with E-state index in [9.17, 15) is 0 Å². The maximum absolute atomic E-state index is 6.00. The maximum atomic E-state index is 6.00. The highest BCUT2D eigenvalue weighted by molar-refractivity contribution is 6.39. The van der Waals surface area contributed by atoms with Crippen LogP contribution in [0.25, 0.3) is 0 Å². The molecule has 0 aliphatic carbocycles. The quantitative estimate of drug-likeness (QED) is 0.743. The molecule has 1 rings (SSSR count). The van der Waals surface area contributed by atoms with Crippen LogP contribution in [0.5, 0.6) is 0 Å². The van der Waals surface area contributed by atoms with Gasteiger partial charge in [-0.05, 0) is 18.6 Å². The number of anilines is 1.